The molecule has 1 atom stereocenters. The van der Waals surface area contributed by atoms with E-state index < -0.39 is 11.9 Å². The molecule has 0 spiro atoms. The zero-order chi connectivity index (χ0) is 10.0. The second-order valence-corrected chi connectivity index (χ2v) is 3.08. The molecule has 0 saturated carbocycles. The molecular weight excluding hydrogens is 168 g/mol. The first-order valence-electron chi connectivity index (χ1n) is 4.05. The molecule has 5 nitrogen and oxygen atoms in total. The third-order valence-electron chi connectivity index (χ3n) is 2.10. The first kappa shape index (κ1) is 9.73. The van der Waals surface area contributed by atoms with Gasteiger partial charge in [0.1, 0.15) is 6.04 Å². The molecule has 13 heavy (non-hydrogen) atoms. The van der Waals surface area contributed by atoms with Crippen molar-refractivity contribution in [3.63, 3.8) is 0 Å². The number of hydrogen-bond donors (Lipinski definition) is 2. The highest BCUT2D eigenvalue weighted by Crippen LogP contribution is 2.04. The second-order valence-electron chi connectivity index (χ2n) is 3.08. The van der Waals surface area contributed by atoms with Gasteiger partial charge in [0.05, 0.1) is 12.0 Å². The standard InChI is InChI=1S/C8H14N4O/c1-5-6(2)12(4-11-5)3-7(9)8(10)13/h4,7H,3,9H2,1-2H3,(H2,10,13). The molecular formula is C8H14N4O. The van der Waals surface area contributed by atoms with Crippen LogP contribution in [0.1, 0.15) is 11.4 Å². The molecule has 1 aromatic rings. The molecule has 1 unspecified atom stereocenters. The van der Waals surface area contributed by atoms with Crippen molar-refractivity contribution < 1.29 is 4.79 Å². The molecule has 4 N–H and O–H groups in total. The zero-order valence-corrected chi connectivity index (χ0v) is 7.82. The molecule has 1 aromatic heterocycles. The lowest BCUT2D eigenvalue weighted by molar-refractivity contribution is -0.119. The van der Waals surface area contributed by atoms with Crippen LogP contribution in [0.2, 0.25) is 0 Å². The first-order chi connectivity index (χ1) is 6.02. The van der Waals surface area contributed by atoms with E-state index in [4.69, 9.17) is 11.5 Å². The van der Waals surface area contributed by atoms with Gasteiger partial charge in [0.15, 0.2) is 0 Å². The predicted molar refractivity (Wildman–Crippen MR) is 48.9 cm³/mol. The van der Waals surface area contributed by atoms with Crippen LogP contribution in [0, 0.1) is 13.8 Å². The van der Waals surface area contributed by atoms with Crippen LogP contribution < -0.4 is 11.5 Å². The molecule has 0 bridgehead atoms. The Morgan fingerprint density at radius 2 is 2.31 bits per heavy atom. The number of amides is 1. The molecule has 0 radical (unpaired) electrons. The highest BCUT2D eigenvalue weighted by atomic mass is 16.1. The summed E-state index contributed by atoms with van der Waals surface area (Å²) >= 11 is 0. The van der Waals surface area contributed by atoms with Gasteiger partial charge in [-0.2, -0.15) is 0 Å². The average Bonchev–Trinajstić information content (AvgIpc) is 2.36. The van der Waals surface area contributed by atoms with E-state index in [0.717, 1.165) is 11.4 Å². The van der Waals surface area contributed by atoms with E-state index >= 15 is 0 Å². The molecule has 1 amide bonds. The molecule has 1 rings (SSSR count). The number of nitrogens with two attached hydrogens (primary N) is 2. The Labute approximate surface area is 76.7 Å². The lowest BCUT2D eigenvalue weighted by Crippen LogP contribution is -2.39. The number of imidazole rings is 1. The lowest BCUT2D eigenvalue weighted by Gasteiger charge is -2.09. The summed E-state index contributed by atoms with van der Waals surface area (Å²) in [4.78, 5) is 14.8. The monoisotopic (exact) mass is 182 g/mol. The van der Waals surface area contributed by atoms with Crippen molar-refractivity contribution in [1.82, 2.24) is 9.55 Å². The van der Waals surface area contributed by atoms with Gasteiger partial charge >= 0.3 is 0 Å². The molecule has 72 valence electrons. The summed E-state index contributed by atoms with van der Waals surface area (Å²) < 4.78 is 1.82. The van der Waals surface area contributed by atoms with Crippen LogP contribution in [0.5, 0.6) is 0 Å². The number of hydrogen-bond acceptors (Lipinski definition) is 3. The maximum Gasteiger partial charge on any atom is 0.236 e. The molecule has 5 heteroatoms. The van der Waals surface area contributed by atoms with Crippen molar-refractivity contribution >= 4 is 5.91 Å². The number of aromatic nitrogens is 2. The van der Waals surface area contributed by atoms with Crippen LogP contribution in [0.3, 0.4) is 0 Å². The summed E-state index contributed by atoms with van der Waals surface area (Å²) in [5.41, 5.74) is 12.5. The Balaban J connectivity index is 2.74. The average molecular weight is 182 g/mol. The Hall–Kier alpha value is -1.36. The SMILES string of the molecule is Cc1ncn(CC(N)C(N)=O)c1C. The topological polar surface area (TPSA) is 86.9 Å². The van der Waals surface area contributed by atoms with Crippen LogP contribution in [0.25, 0.3) is 0 Å². The summed E-state index contributed by atoms with van der Waals surface area (Å²) in [6.45, 7) is 4.22. The van der Waals surface area contributed by atoms with E-state index in [2.05, 4.69) is 4.98 Å². The summed E-state index contributed by atoms with van der Waals surface area (Å²) in [6, 6.07) is -0.646. The normalized spacial score (nSPS) is 12.8. The minimum absolute atomic E-state index is 0.391. The Morgan fingerprint density at radius 3 is 2.69 bits per heavy atom. The van der Waals surface area contributed by atoms with Crippen LogP contribution >= 0.6 is 0 Å². The van der Waals surface area contributed by atoms with Crippen molar-refractivity contribution in [3.8, 4) is 0 Å². The van der Waals surface area contributed by atoms with E-state index in [1.165, 1.54) is 0 Å². The van der Waals surface area contributed by atoms with Crippen molar-refractivity contribution in [2.75, 3.05) is 0 Å². The van der Waals surface area contributed by atoms with Gasteiger partial charge in [-0.05, 0) is 13.8 Å². The number of carbonyl (C=O) groups excluding carboxylic acids is 1. The van der Waals surface area contributed by atoms with Gasteiger partial charge < -0.3 is 16.0 Å². The van der Waals surface area contributed by atoms with Gasteiger partial charge in [0, 0.05) is 12.2 Å². The molecule has 0 saturated heterocycles. The Kier molecular flexibility index (Phi) is 2.67. The van der Waals surface area contributed by atoms with Gasteiger partial charge in [0.25, 0.3) is 0 Å². The van der Waals surface area contributed by atoms with Gasteiger partial charge in [-0.25, -0.2) is 4.98 Å². The van der Waals surface area contributed by atoms with Crippen molar-refractivity contribution in [1.29, 1.82) is 0 Å². The smallest absolute Gasteiger partial charge is 0.236 e. The Bertz CT molecular complexity index is 318. The highest BCUT2D eigenvalue weighted by Gasteiger charge is 2.11. The highest BCUT2D eigenvalue weighted by molar-refractivity contribution is 5.79. The van der Waals surface area contributed by atoms with E-state index in [1.807, 2.05) is 18.4 Å². The number of carbonyl (C=O) groups is 1. The first-order valence-corrected chi connectivity index (χ1v) is 4.05. The van der Waals surface area contributed by atoms with Crippen LogP contribution in [-0.2, 0) is 11.3 Å². The number of primary amides is 1. The second kappa shape index (κ2) is 3.57. The predicted octanol–water partition coefficient (Wildman–Crippen LogP) is -0.687. The summed E-state index contributed by atoms with van der Waals surface area (Å²) in [5, 5.41) is 0. The molecule has 0 aliphatic heterocycles. The summed E-state index contributed by atoms with van der Waals surface area (Å²) in [5.74, 6) is -0.495. The fraction of sp³-hybridized carbons (Fsp3) is 0.500. The molecule has 0 aliphatic rings. The van der Waals surface area contributed by atoms with Crippen LogP contribution in [0.4, 0.5) is 0 Å². The van der Waals surface area contributed by atoms with Gasteiger partial charge in [-0.3, -0.25) is 4.79 Å². The third-order valence-corrected chi connectivity index (χ3v) is 2.10. The van der Waals surface area contributed by atoms with Crippen LogP contribution in [0.15, 0.2) is 6.33 Å². The largest absolute Gasteiger partial charge is 0.368 e. The molecule has 0 fully saturated rings. The maximum absolute atomic E-state index is 10.7. The Morgan fingerprint density at radius 1 is 1.69 bits per heavy atom. The van der Waals surface area contributed by atoms with Crippen molar-refractivity contribution in [3.05, 3.63) is 17.7 Å². The van der Waals surface area contributed by atoms with E-state index in [9.17, 15) is 4.79 Å². The minimum atomic E-state index is -0.646. The maximum atomic E-state index is 10.7. The van der Waals surface area contributed by atoms with Gasteiger partial charge in [-0.1, -0.05) is 0 Å². The summed E-state index contributed by atoms with van der Waals surface area (Å²) in [6.07, 6.45) is 1.66. The summed E-state index contributed by atoms with van der Waals surface area (Å²) in [7, 11) is 0. The zero-order valence-electron chi connectivity index (χ0n) is 7.82. The van der Waals surface area contributed by atoms with Crippen LogP contribution in [-0.4, -0.2) is 21.5 Å². The van der Waals surface area contributed by atoms with E-state index in [0.29, 0.717) is 6.54 Å². The van der Waals surface area contributed by atoms with Crippen molar-refractivity contribution in [2.45, 2.75) is 26.4 Å². The molecule has 0 aliphatic carbocycles. The fourth-order valence-corrected chi connectivity index (χ4v) is 1.03. The quantitative estimate of drug-likeness (QED) is 0.648. The molecule has 0 aromatic carbocycles. The number of aryl methyl sites for hydroxylation is 1. The van der Waals surface area contributed by atoms with Crippen molar-refractivity contribution in [2.24, 2.45) is 11.5 Å². The third kappa shape index (κ3) is 2.06. The van der Waals surface area contributed by atoms with E-state index in [-0.39, 0.29) is 0 Å². The number of rotatable bonds is 3. The number of nitrogens with zero attached hydrogens (tertiary/aromatic N) is 2. The fourth-order valence-electron chi connectivity index (χ4n) is 1.03. The van der Waals surface area contributed by atoms with Gasteiger partial charge in [-0.15, -0.1) is 0 Å². The van der Waals surface area contributed by atoms with Gasteiger partial charge in [0.2, 0.25) is 5.91 Å². The molecule has 1 heterocycles. The van der Waals surface area contributed by atoms with E-state index in [1.54, 1.807) is 6.33 Å². The minimum Gasteiger partial charge on any atom is -0.368 e. The lowest BCUT2D eigenvalue weighted by atomic mass is 10.3.